The first-order valence-corrected chi connectivity index (χ1v) is 7.75. The Labute approximate surface area is 131 Å². The Kier molecular flexibility index (Phi) is 5.66. The third-order valence-corrected chi connectivity index (χ3v) is 4.33. The Balaban J connectivity index is 1.98. The van der Waals surface area contributed by atoms with Crippen LogP contribution in [-0.2, 0) is 9.53 Å². The lowest BCUT2D eigenvalue weighted by Gasteiger charge is -2.24. The average Bonchev–Trinajstić information content (AvgIpc) is 2.99. The summed E-state index contributed by atoms with van der Waals surface area (Å²) in [4.78, 5) is 14.5. The zero-order valence-electron chi connectivity index (χ0n) is 13.5. The summed E-state index contributed by atoms with van der Waals surface area (Å²) in [5.41, 5.74) is 0. The van der Waals surface area contributed by atoms with E-state index < -0.39 is 0 Å². The van der Waals surface area contributed by atoms with Crippen molar-refractivity contribution in [3.05, 3.63) is 24.3 Å². The predicted molar refractivity (Wildman–Crippen MR) is 83.9 cm³/mol. The highest BCUT2D eigenvalue weighted by molar-refractivity contribution is 5.73. The second-order valence-electron chi connectivity index (χ2n) is 6.07. The fourth-order valence-electron chi connectivity index (χ4n) is 2.89. The van der Waals surface area contributed by atoms with Gasteiger partial charge >= 0.3 is 5.97 Å². The van der Waals surface area contributed by atoms with Gasteiger partial charge in [-0.15, -0.1) is 0 Å². The predicted octanol–water partition coefficient (Wildman–Crippen LogP) is 2.29. The van der Waals surface area contributed by atoms with E-state index in [1.165, 1.54) is 7.11 Å². The van der Waals surface area contributed by atoms with E-state index in [1.54, 1.807) is 24.3 Å². The number of likely N-dealkylation sites (tertiary alicyclic amines) is 1. The van der Waals surface area contributed by atoms with Gasteiger partial charge in [0, 0.05) is 12.6 Å². The summed E-state index contributed by atoms with van der Waals surface area (Å²) in [5.74, 6) is 0.620. The van der Waals surface area contributed by atoms with Crippen molar-refractivity contribution in [1.29, 1.82) is 0 Å². The zero-order chi connectivity index (χ0) is 16.1. The van der Waals surface area contributed by atoms with Crippen LogP contribution in [0.3, 0.4) is 0 Å². The van der Waals surface area contributed by atoms with E-state index in [2.05, 4.69) is 18.7 Å². The van der Waals surface area contributed by atoms with Crippen molar-refractivity contribution in [1.82, 2.24) is 4.90 Å². The molecule has 2 atom stereocenters. The second-order valence-corrected chi connectivity index (χ2v) is 6.07. The van der Waals surface area contributed by atoms with Crippen LogP contribution in [0.15, 0.2) is 24.3 Å². The largest absolute Gasteiger partial charge is 0.508 e. The van der Waals surface area contributed by atoms with E-state index in [0.29, 0.717) is 18.4 Å². The first-order chi connectivity index (χ1) is 10.5. The molecular weight excluding hydrogens is 282 g/mol. The summed E-state index contributed by atoms with van der Waals surface area (Å²) < 4.78 is 10.7. The molecule has 1 aliphatic heterocycles. The summed E-state index contributed by atoms with van der Waals surface area (Å²) in [7, 11) is 1.42. The van der Waals surface area contributed by atoms with Crippen molar-refractivity contribution < 1.29 is 19.4 Å². The minimum Gasteiger partial charge on any atom is -0.508 e. The van der Waals surface area contributed by atoms with Gasteiger partial charge in [-0.05, 0) is 57.0 Å². The summed E-state index contributed by atoms with van der Waals surface area (Å²) >= 11 is 0. The van der Waals surface area contributed by atoms with Crippen molar-refractivity contribution in [2.45, 2.75) is 26.3 Å². The van der Waals surface area contributed by atoms with Crippen LogP contribution < -0.4 is 4.74 Å². The highest BCUT2D eigenvalue weighted by Crippen LogP contribution is 2.27. The Morgan fingerprint density at radius 3 is 2.59 bits per heavy atom. The van der Waals surface area contributed by atoms with Gasteiger partial charge in [0.05, 0.1) is 13.0 Å². The molecular formula is C17H25NO4. The molecule has 0 radical (unpaired) electrons. The van der Waals surface area contributed by atoms with Crippen LogP contribution in [-0.4, -0.2) is 48.8 Å². The third kappa shape index (κ3) is 4.13. The number of nitrogens with zero attached hydrogens (tertiary/aromatic N) is 1. The first-order valence-electron chi connectivity index (χ1n) is 7.75. The van der Waals surface area contributed by atoms with Crippen LogP contribution in [0, 0.1) is 11.8 Å². The van der Waals surface area contributed by atoms with Crippen LogP contribution >= 0.6 is 0 Å². The molecule has 1 N–H and O–H groups in total. The molecule has 22 heavy (non-hydrogen) atoms. The van der Waals surface area contributed by atoms with Gasteiger partial charge in [0.15, 0.2) is 0 Å². The molecule has 2 rings (SSSR count). The first kappa shape index (κ1) is 16.6. The number of methoxy groups -OCH3 is 1. The number of rotatable bonds is 6. The average molecular weight is 307 g/mol. The SMILES string of the molecule is COC(=O)C(COc1ccc(O)cc1)C1CCN(C(C)C)C1. The summed E-state index contributed by atoms with van der Waals surface area (Å²) in [6, 6.07) is 7.01. The van der Waals surface area contributed by atoms with E-state index in [9.17, 15) is 9.90 Å². The number of carbonyl (C=O) groups excluding carboxylic acids is 1. The normalized spacial score (nSPS) is 20.1. The summed E-state index contributed by atoms with van der Waals surface area (Å²) in [6.45, 7) is 6.55. The molecule has 2 unspecified atom stereocenters. The minimum absolute atomic E-state index is 0.195. The fourth-order valence-corrected chi connectivity index (χ4v) is 2.89. The van der Waals surface area contributed by atoms with Gasteiger partial charge < -0.3 is 19.5 Å². The Bertz CT molecular complexity index is 486. The molecule has 0 bridgehead atoms. The molecule has 0 spiro atoms. The quantitative estimate of drug-likeness (QED) is 0.817. The molecule has 1 heterocycles. The number of ether oxygens (including phenoxy) is 2. The highest BCUT2D eigenvalue weighted by Gasteiger charge is 2.35. The van der Waals surface area contributed by atoms with E-state index in [0.717, 1.165) is 19.5 Å². The number of phenols is 1. The van der Waals surface area contributed by atoms with Gasteiger partial charge in [-0.1, -0.05) is 0 Å². The number of benzene rings is 1. The topological polar surface area (TPSA) is 59.0 Å². The highest BCUT2D eigenvalue weighted by atomic mass is 16.5. The molecule has 1 aromatic rings. The smallest absolute Gasteiger partial charge is 0.312 e. The maximum absolute atomic E-state index is 12.1. The molecule has 122 valence electrons. The van der Waals surface area contributed by atoms with Gasteiger partial charge in [0.1, 0.15) is 18.1 Å². The van der Waals surface area contributed by atoms with Gasteiger partial charge in [-0.25, -0.2) is 0 Å². The van der Waals surface area contributed by atoms with Gasteiger partial charge in [-0.3, -0.25) is 4.79 Å². The molecule has 1 aliphatic rings. The van der Waals surface area contributed by atoms with Gasteiger partial charge in [0.2, 0.25) is 0 Å². The monoisotopic (exact) mass is 307 g/mol. The van der Waals surface area contributed by atoms with Crippen LogP contribution in [0.4, 0.5) is 0 Å². The Morgan fingerprint density at radius 1 is 1.36 bits per heavy atom. The molecule has 5 heteroatoms. The van der Waals surface area contributed by atoms with Crippen LogP contribution in [0.1, 0.15) is 20.3 Å². The molecule has 1 saturated heterocycles. The number of phenolic OH excluding ortho intramolecular Hbond substituents is 1. The standard InChI is InChI=1S/C17H25NO4/c1-12(2)18-9-8-13(10-18)16(17(20)21-3)11-22-15-6-4-14(19)5-7-15/h4-7,12-13,16,19H,8-11H2,1-3H3. The molecule has 0 aromatic heterocycles. The lowest BCUT2D eigenvalue weighted by atomic mass is 9.92. The molecule has 1 fully saturated rings. The van der Waals surface area contributed by atoms with Gasteiger partial charge in [-0.2, -0.15) is 0 Å². The molecule has 0 aliphatic carbocycles. The van der Waals surface area contributed by atoms with E-state index >= 15 is 0 Å². The lowest BCUT2D eigenvalue weighted by molar-refractivity contribution is -0.148. The van der Waals surface area contributed by atoms with E-state index in [1.807, 2.05) is 0 Å². The van der Waals surface area contributed by atoms with Crippen molar-refractivity contribution in [3.63, 3.8) is 0 Å². The minimum atomic E-state index is -0.262. The summed E-state index contributed by atoms with van der Waals surface area (Å²) in [6.07, 6.45) is 0.983. The van der Waals surface area contributed by atoms with Crippen molar-refractivity contribution in [3.8, 4) is 11.5 Å². The Hall–Kier alpha value is -1.75. The maximum Gasteiger partial charge on any atom is 0.312 e. The zero-order valence-corrected chi connectivity index (χ0v) is 13.5. The molecule has 0 amide bonds. The third-order valence-electron chi connectivity index (χ3n) is 4.33. The maximum atomic E-state index is 12.1. The number of hydrogen-bond acceptors (Lipinski definition) is 5. The van der Waals surface area contributed by atoms with Crippen molar-refractivity contribution >= 4 is 5.97 Å². The second kappa shape index (κ2) is 7.49. The Morgan fingerprint density at radius 2 is 2.05 bits per heavy atom. The number of hydrogen-bond donors (Lipinski definition) is 1. The fraction of sp³-hybridized carbons (Fsp3) is 0.588. The lowest BCUT2D eigenvalue weighted by Crippen LogP contribution is -2.34. The van der Waals surface area contributed by atoms with E-state index in [4.69, 9.17) is 9.47 Å². The van der Waals surface area contributed by atoms with Crippen LogP contribution in [0.5, 0.6) is 11.5 Å². The van der Waals surface area contributed by atoms with Crippen LogP contribution in [0.2, 0.25) is 0 Å². The number of carbonyl (C=O) groups is 1. The number of aromatic hydroxyl groups is 1. The molecule has 0 saturated carbocycles. The van der Waals surface area contributed by atoms with Gasteiger partial charge in [0.25, 0.3) is 0 Å². The van der Waals surface area contributed by atoms with Crippen molar-refractivity contribution in [2.24, 2.45) is 11.8 Å². The summed E-state index contributed by atoms with van der Waals surface area (Å²) in [5, 5.41) is 9.28. The molecule has 1 aromatic carbocycles. The number of esters is 1. The van der Waals surface area contributed by atoms with Crippen molar-refractivity contribution in [2.75, 3.05) is 26.8 Å². The van der Waals surface area contributed by atoms with Crippen LogP contribution in [0.25, 0.3) is 0 Å². The molecule has 5 nitrogen and oxygen atoms in total. The van der Waals surface area contributed by atoms with E-state index in [-0.39, 0.29) is 23.6 Å².